The number of aromatic nitrogens is 3. The van der Waals surface area contributed by atoms with Crippen LogP contribution in [-0.2, 0) is 0 Å². The quantitative estimate of drug-likeness (QED) is 0.147. The van der Waals surface area contributed by atoms with Crippen LogP contribution in [0, 0.1) is 41.5 Å². The molecule has 0 bridgehead atoms. The van der Waals surface area contributed by atoms with Gasteiger partial charge < -0.3 is 13.7 Å². The van der Waals surface area contributed by atoms with Gasteiger partial charge in [0.1, 0.15) is 0 Å². The van der Waals surface area contributed by atoms with Crippen LogP contribution in [0.3, 0.4) is 0 Å². The summed E-state index contributed by atoms with van der Waals surface area (Å²) in [5.41, 5.74) is 22.7. The highest BCUT2D eigenvalue weighted by molar-refractivity contribution is 7.26. The maximum Gasteiger partial charge on any atom is 0.243 e. The highest BCUT2D eigenvalue weighted by atomic mass is 32.1. The Kier molecular flexibility index (Phi) is 10.5. The van der Waals surface area contributed by atoms with E-state index in [9.17, 15) is 0 Å². The molecule has 0 radical (unpaired) electrons. The van der Waals surface area contributed by atoms with E-state index < -0.39 is 0 Å². The van der Waals surface area contributed by atoms with Crippen molar-refractivity contribution >= 4 is 183 Å². The van der Waals surface area contributed by atoms with Gasteiger partial charge in [0.2, 0.25) is 6.71 Å². The van der Waals surface area contributed by atoms with E-state index in [1.165, 1.54) is 193 Å². The van der Waals surface area contributed by atoms with Crippen molar-refractivity contribution < 1.29 is 0 Å². The van der Waals surface area contributed by atoms with Gasteiger partial charge in [-0.05, 0) is 151 Å². The minimum absolute atomic E-state index is 0.0684. The molecule has 18 rings (SSSR count). The summed E-state index contributed by atoms with van der Waals surface area (Å²) in [4.78, 5) is 0. The maximum absolute atomic E-state index is 2.53. The summed E-state index contributed by atoms with van der Waals surface area (Å²) >= 11 is 5.67. The van der Waals surface area contributed by atoms with Crippen LogP contribution >= 0.6 is 34.0 Å². The molecule has 12 aromatic carbocycles. The van der Waals surface area contributed by atoms with Crippen LogP contribution in [0.4, 0.5) is 0 Å². The summed E-state index contributed by atoms with van der Waals surface area (Å²) in [7, 11) is 0. The molecule has 7 heteroatoms. The third kappa shape index (κ3) is 7.06. The van der Waals surface area contributed by atoms with Gasteiger partial charge in [-0.25, -0.2) is 0 Å². The number of hydrogen-bond acceptors (Lipinski definition) is 3. The Bertz CT molecular complexity index is 5300. The monoisotopic (exact) mass is 1140 g/mol. The molecular formula is C78H54BN3S3. The topological polar surface area (TPSA) is 14.8 Å². The van der Waals surface area contributed by atoms with E-state index in [4.69, 9.17) is 0 Å². The van der Waals surface area contributed by atoms with Crippen molar-refractivity contribution in [1.29, 1.82) is 0 Å². The van der Waals surface area contributed by atoms with E-state index in [0.717, 1.165) is 0 Å². The van der Waals surface area contributed by atoms with Gasteiger partial charge >= 0.3 is 0 Å². The van der Waals surface area contributed by atoms with Crippen LogP contribution in [0.2, 0.25) is 0 Å². The fourth-order valence-electron chi connectivity index (χ4n) is 15.4. The molecule has 0 atom stereocenters. The standard InChI is InChI=1S/C78H54BN3S3/c1-43-31-49(80-64-25-13-7-19-52(64)58-37-61-55-22-10-16-28-70(55)83-73(61)40-67(58)80)32-44(2)76(43)79(77-45(3)33-50(34-46(77)4)81-65-26-14-8-20-53(65)59-38-62-56-23-11-17-29-71(56)84-74(62)41-68(59)81)78-47(5)35-51(36-48(78)6)82-66-27-15-9-21-54(66)60-39-63-57-24-12-18-30-72(57)85-75(63)42-69(60)82/h7-42H,1-6H3. The van der Waals surface area contributed by atoms with Crippen molar-refractivity contribution in [2.45, 2.75) is 41.5 Å². The molecule has 85 heavy (non-hydrogen) atoms. The van der Waals surface area contributed by atoms with Crippen molar-refractivity contribution in [3.05, 3.63) is 252 Å². The average Bonchev–Trinajstić information content (AvgIpc) is 2.05. The predicted molar refractivity (Wildman–Crippen MR) is 374 cm³/mol. The minimum Gasteiger partial charge on any atom is -0.309 e. The van der Waals surface area contributed by atoms with Gasteiger partial charge in [0, 0.05) is 110 Å². The summed E-state index contributed by atoms with van der Waals surface area (Å²) in [6, 6.07) is 83.1. The molecule has 18 aromatic rings. The lowest BCUT2D eigenvalue weighted by atomic mass is 9.33. The SMILES string of the molecule is Cc1cc(-n2c3ccccc3c3cc4c(cc32)sc2ccccc24)cc(C)c1B(c1c(C)cc(-n2c3ccccc3c3cc4c(cc32)sc2ccccc24)cc1C)c1c(C)cc(-n2c3ccccc3c3cc4c(cc32)sc2ccccc24)cc1C. The van der Waals surface area contributed by atoms with Gasteiger partial charge in [-0.1, -0.05) is 159 Å². The molecule has 6 heterocycles. The summed E-state index contributed by atoms with van der Waals surface area (Å²) in [5.74, 6) is 0. The zero-order valence-electron chi connectivity index (χ0n) is 47.9. The number of para-hydroxylation sites is 3. The first kappa shape index (κ1) is 49.2. The highest BCUT2D eigenvalue weighted by Crippen LogP contribution is 2.45. The first-order chi connectivity index (χ1) is 41.6. The third-order valence-corrected chi connectivity index (χ3v) is 22.3. The number of aryl methyl sites for hydroxylation is 6. The third-order valence-electron chi connectivity index (χ3n) is 18.9. The van der Waals surface area contributed by atoms with Crippen LogP contribution in [0.25, 0.3) is 143 Å². The van der Waals surface area contributed by atoms with E-state index in [1.54, 1.807) is 0 Å². The molecule has 0 aliphatic heterocycles. The molecule has 6 aromatic heterocycles. The fourth-order valence-corrected chi connectivity index (χ4v) is 18.8. The van der Waals surface area contributed by atoms with Crippen LogP contribution in [0.15, 0.2) is 218 Å². The Hall–Kier alpha value is -9.24. The molecule has 0 aliphatic rings. The van der Waals surface area contributed by atoms with Crippen LogP contribution < -0.4 is 16.4 Å². The lowest BCUT2D eigenvalue weighted by molar-refractivity contribution is 1.16. The summed E-state index contributed by atoms with van der Waals surface area (Å²) in [5, 5.41) is 15.6. The molecule has 402 valence electrons. The predicted octanol–water partition coefficient (Wildman–Crippen LogP) is 20.4. The summed E-state index contributed by atoms with van der Waals surface area (Å²) < 4.78 is 15.5. The smallest absolute Gasteiger partial charge is 0.243 e. The van der Waals surface area contributed by atoms with E-state index in [-0.39, 0.29) is 6.71 Å². The van der Waals surface area contributed by atoms with Gasteiger partial charge in [-0.15, -0.1) is 34.0 Å². The van der Waals surface area contributed by atoms with Gasteiger partial charge in [0.05, 0.1) is 33.1 Å². The molecule has 0 saturated carbocycles. The number of fused-ring (bicyclic) bond motifs is 18. The fraction of sp³-hybridized carbons (Fsp3) is 0.0769. The second kappa shape index (κ2) is 18.1. The Morgan fingerprint density at radius 2 is 0.471 bits per heavy atom. The Balaban J connectivity index is 0.857. The Morgan fingerprint density at radius 3 is 0.753 bits per heavy atom. The lowest BCUT2D eigenvalue weighted by Crippen LogP contribution is -2.57. The zero-order valence-corrected chi connectivity index (χ0v) is 50.4. The minimum atomic E-state index is -0.0684. The van der Waals surface area contributed by atoms with Crippen LogP contribution in [-0.4, -0.2) is 20.4 Å². The molecule has 0 N–H and O–H groups in total. The molecule has 0 amide bonds. The normalized spacial score (nSPS) is 12.4. The van der Waals surface area contributed by atoms with E-state index in [1.807, 2.05) is 34.0 Å². The number of rotatable bonds is 6. The average molecular weight is 1140 g/mol. The Labute approximate surface area is 503 Å². The summed E-state index contributed by atoms with van der Waals surface area (Å²) in [6.45, 7) is 14.1. The molecule has 0 aliphatic carbocycles. The van der Waals surface area contributed by atoms with Gasteiger partial charge in [-0.3, -0.25) is 0 Å². The number of benzene rings is 12. The zero-order chi connectivity index (χ0) is 56.7. The number of hydrogen-bond donors (Lipinski definition) is 0. The number of thiophene rings is 3. The van der Waals surface area contributed by atoms with Crippen LogP contribution in [0.1, 0.15) is 33.4 Å². The first-order valence-electron chi connectivity index (χ1n) is 29.5. The molecule has 0 saturated heterocycles. The van der Waals surface area contributed by atoms with Crippen molar-refractivity contribution in [2.24, 2.45) is 0 Å². The van der Waals surface area contributed by atoms with Crippen molar-refractivity contribution in [1.82, 2.24) is 13.7 Å². The van der Waals surface area contributed by atoms with E-state index in [0.29, 0.717) is 0 Å². The molecule has 0 unspecified atom stereocenters. The van der Waals surface area contributed by atoms with Crippen molar-refractivity contribution in [2.75, 3.05) is 0 Å². The Morgan fingerprint density at radius 1 is 0.224 bits per heavy atom. The lowest BCUT2D eigenvalue weighted by Gasteiger charge is -2.28. The second-order valence-electron chi connectivity index (χ2n) is 23.9. The summed E-state index contributed by atoms with van der Waals surface area (Å²) in [6.07, 6.45) is 0. The second-order valence-corrected chi connectivity index (χ2v) is 27.1. The van der Waals surface area contributed by atoms with Crippen molar-refractivity contribution in [3.8, 4) is 17.1 Å². The molecular weight excluding hydrogens is 1090 g/mol. The van der Waals surface area contributed by atoms with E-state index >= 15 is 0 Å². The highest BCUT2D eigenvalue weighted by Gasteiger charge is 2.33. The molecule has 3 nitrogen and oxygen atoms in total. The maximum atomic E-state index is 2.53. The molecule has 0 fully saturated rings. The first-order valence-corrected chi connectivity index (χ1v) is 31.9. The van der Waals surface area contributed by atoms with Crippen LogP contribution in [0.5, 0.6) is 0 Å². The largest absolute Gasteiger partial charge is 0.309 e. The van der Waals surface area contributed by atoms with Gasteiger partial charge in [-0.2, -0.15) is 0 Å². The molecule has 0 spiro atoms. The van der Waals surface area contributed by atoms with Gasteiger partial charge in [0.25, 0.3) is 0 Å². The van der Waals surface area contributed by atoms with E-state index in [2.05, 4.69) is 274 Å². The van der Waals surface area contributed by atoms with Crippen molar-refractivity contribution in [3.63, 3.8) is 0 Å². The number of nitrogens with zero attached hydrogens (tertiary/aromatic N) is 3. The van der Waals surface area contributed by atoms with Gasteiger partial charge in [0.15, 0.2) is 0 Å².